The number of ether oxygens (including phenoxy) is 2. The first kappa shape index (κ1) is 19.2. The van der Waals surface area contributed by atoms with Gasteiger partial charge >= 0.3 is 5.97 Å². The molecule has 1 N–H and O–H groups in total. The van der Waals surface area contributed by atoms with E-state index in [1.807, 2.05) is 36.4 Å². The minimum absolute atomic E-state index is 0.212. The highest BCUT2D eigenvalue weighted by atomic mass is 32.2. The zero-order valence-electron chi connectivity index (χ0n) is 14.3. The number of benzene rings is 2. The number of hydrogen-bond acceptors (Lipinski definition) is 6. The first-order chi connectivity index (χ1) is 11.9. The van der Waals surface area contributed by atoms with Gasteiger partial charge in [0, 0.05) is 0 Å². The van der Waals surface area contributed by atoms with Crippen molar-refractivity contribution < 1.29 is 27.8 Å². The fraction of sp³-hybridized carbons (Fsp3) is 0.389. The largest absolute Gasteiger partial charge is 0.497 e. The van der Waals surface area contributed by atoms with Crippen molar-refractivity contribution >= 4 is 26.6 Å². The lowest BCUT2D eigenvalue weighted by atomic mass is 9.98. The first-order valence-electron chi connectivity index (χ1n) is 7.92. The number of fused-ring (bicyclic) bond motifs is 1. The molecule has 2 aromatic carbocycles. The van der Waals surface area contributed by atoms with E-state index < -0.39 is 28.3 Å². The standard InChI is InChI=1S/C18H22O6S/c1-13(18(20)24-8-10-25(21,22)9-7-19)14-3-4-16-12-17(23-2)6-5-15(16)11-14/h3-6,11-13,19H,7-10H2,1-2H3. The number of sulfone groups is 1. The number of rotatable bonds is 8. The molecule has 0 aliphatic heterocycles. The molecule has 0 aromatic heterocycles. The molecule has 0 heterocycles. The minimum Gasteiger partial charge on any atom is -0.497 e. The number of aliphatic hydroxyl groups excluding tert-OH is 1. The molecule has 0 fully saturated rings. The van der Waals surface area contributed by atoms with Gasteiger partial charge in [0.1, 0.15) is 12.4 Å². The summed E-state index contributed by atoms with van der Waals surface area (Å²) in [5, 5.41) is 10.6. The van der Waals surface area contributed by atoms with E-state index >= 15 is 0 Å². The maximum Gasteiger partial charge on any atom is 0.313 e. The van der Waals surface area contributed by atoms with Crippen LogP contribution in [0.1, 0.15) is 18.4 Å². The van der Waals surface area contributed by atoms with Crippen LogP contribution >= 0.6 is 0 Å². The number of hydrogen-bond donors (Lipinski definition) is 1. The lowest BCUT2D eigenvalue weighted by Crippen LogP contribution is -2.21. The van der Waals surface area contributed by atoms with Crippen molar-refractivity contribution in [2.75, 3.05) is 31.8 Å². The van der Waals surface area contributed by atoms with Crippen molar-refractivity contribution in [3.05, 3.63) is 42.0 Å². The predicted molar refractivity (Wildman–Crippen MR) is 95.6 cm³/mol. The molecular weight excluding hydrogens is 344 g/mol. The Labute approximate surface area is 147 Å². The van der Waals surface area contributed by atoms with Crippen molar-refractivity contribution in [1.29, 1.82) is 0 Å². The zero-order chi connectivity index (χ0) is 18.4. The predicted octanol–water partition coefficient (Wildman–Crippen LogP) is 1.90. The topological polar surface area (TPSA) is 89.9 Å². The molecule has 0 aliphatic rings. The van der Waals surface area contributed by atoms with Gasteiger partial charge in [-0.15, -0.1) is 0 Å². The van der Waals surface area contributed by atoms with Gasteiger partial charge in [-0.25, -0.2) is 8.42 Å². The fourth-order valence-corrected chi connectivity index (χ4v) is 3.23. The van der Waals surface area contributed by atoms with Gasteiger partial charge in [-0.05, 0) is 35.4 Å². The van der Waals surface area contributed by atoms with Gasteiger partial charge in [-0.3, -0.25) is 4.79 Å². The Morgan fingerprint density at radius 3 is 2.48 bits per heavy atom. The van der Waals surface area contributed by atoms with E-state index in [9.17, 15) is 13.2 Å². The fourth-order valence-electron chi connectivity index (χ4n) is 2.41. The number of carbonyl (C=O) groups is 1. The van der Waals surface area contributed by atoms with Crippen molar-refractivity contribution in [2.45, 2.75) is 12.8 Å². The van der Waals surface area contributed by atoms with E-state index in [0.29, 0.717) is 0 Å². The molecule has 2 aromatic rings. The number of esters is 1. The van der Waals surface area contributed by atoms with Crippen LogP contribution in [0, 0.1) is 0 Å². The molecule has 6 nitrogen and oxygen atoms in total. The van der Waals surface area contributed by atoms with E-state index in [-0.39, 0.29) is 18.1 Å². The Hall–Kier alpha value is -2.12. The van der Waals surface area contributed by atoms with Gasteiger partial charge in [0.2, 0.25) is 0 Å². The van der Waals surface area contributed by atoms with Crippen molar-refractivity contribution in [1.82, 2.24) is 0 Å². The van der Waals surface area contributed by atoms with Gasteiger partial charge in [-0.2, -0.15) is 0 Å². The zero-order valence-corrected chi connectivity index (χ0v) is 15.1. The highest BCUT2D eigenvalue weighted by Gasteiger charge is 2.18. The van der Waals surface area contributed by atoms with Crippen molar-refractivity contribution in [3.8, 4) is 5.75 Å². The van der Waals surface area contributed by atoms with Crippen LogP contribution in [-0.4, -0.2) is 51.3 Å². The molecule has 136 valence electrons. The highest BCUT2D eigenvalue weighted by Crippen LogP contribution is 2.25. The van der Waals surface area contributed by atoms with Gasteiger partial charge in [0.15, 0.2) is 9.84 Å². The monoisotopic (exact) mass is 366 g/mol. The van der Waals surface area contributed by atoms with Crippen molar-refractivity contribution in [3.63, 3.8) is 0 Å². The van der Waals surface area contributed by atoms with E-state index in [2.05, 4.69) is 0 Å². The van der Waals surface area contributed by atoms with E-state index in [1.165, 1.54) is 0 Å². The van der Waals surface area contributed by atoms with E-state index in [1.54, 1.807) is 14.0 Å². The van der Waals surface area contributed by atoms with Gasteiger partial charge in [0.25, 0.3) is 0 Å². The number of methoxy groups -OCH3 is 1. The third-order valence-corrected chi connectivity index (χ3v) is 5.56. The normalized spacial score (nSPS) is 12.8. The lowest BCUT2D eigenvalue weighted by molar-refractivity contribution is -0.144. The lowest BCUT2D eigenvalue weighted by Gasteiger charge is -2.13. The van der Waals surface area contributed by atoms with E-state index in [4.69, 9.17) is 14.6 Å². The molecule has 0 aliphatic carbocycles. The average molecular weight is 366 g/mol. The Morgan fingerprint density at radius 1 is 1.12 bits per heavy atom. The molecule has 0 saturated heterocycles. The molecule has 1 unspecified atom stereocenters. The van der Waals surface area contributed by atoms with Crippen LogP contribution in [0.15, 0.2) is 36.4 Å². The molecular formula is C18H22O6S. The van der Waals surface area contributed by atoms with E-state index in [0.717, 1.165) is 22.1 Å². The summed E-state index contributed by atoms with van der Waals surface area (Å²) in [6.45, 7) is 1.07. The maximum atomic E-state index is 12.1. The summed E-state index contributed by atoms with van der Waals surface area (Å²) in [5.41, 5.74) is 0.792. The van der Waals surface area contributed by atoms with Crippen LogP contribution in [0.3, 0.4) is 0 Å². The molecule has 7 heteroatoms. The molecule has 1 atom stereocenters. The molecule has 0 radical (unpaired) electrons. The summed E-state index contributed by atoms with van der Waals surface area (Å²) in [6.07, 6.45) is 0. The Bertz CT molecular complexity index is 844. The van der Waals surface area contributed by atoms with Crippen LogP contribution in [-0.2, 0) is 19.4 Å². The summed E-state index contributed by atoms with van der Waals surface area (Å²) in [7, 11) is -1.79. The van der Waals surface area contributed by atoms with Crippen LogP contribution in [0.5, 0.6) is 5.75 Å². The molecule has 0 saturated carbocycles. The van der Waals surface area contributed by atoms with Crippen LogP contribution < -0.4 is 4.74 Å². The van der Waals surface area contributed by atoms with Crippen LogP contribution in [0.25, 0.3) is 10.8 Å². The van der Waals surface area contributed by atoms with Crippen LogP contribution in [0.2, 0.25) is 0 Å². The van der Waals surface area contributed by atoms with Crippen LogP contribution in [0.4, 0.5) is 0 Å². The minimum atomic E-state index is -3.39. The summed E-state index contributed by atoms with van der Waals surface area (Å²) in [5.74, 6) is -0.839. The number of carbonyl (C=O) groups excluding carboxylic acids is 1. The molecule has 2 rings (SSSR count). The average Bonchev–Trinajstić information content (AvgIpc) is 2.59. The van der Waals surface area contributed by atoms with Gasteiger partial charge in [0.05, 0.1) is 31.1 Å². The summed E-state index contributed by atoms with van der Waals surface area (Å²) >= 11 is 0. The second kappa shape index (κ2) is 8.31. The van der Waals surface area contributed by atoms with Gasteiger partial charge < -0.3 is 14.6 Å². The Morgan fingerprint density at radius 2 is 1.80 bits per heavy atom. The summed E-state index contributed by atoms with van der Waals surface area (Å²) in [6, 6.07) is 11.3. The number of aliphatic hydroxyl groups is 1. The third kappa shape index (κ3) is 5.17. The molecule has 0 bridgehead atoms. The van der Waals surface area contributed by atoms with Crippen molar-refractivity contribution in [2.24, 2.45) is 0 Å². The third-order valence-electron chi connectivity index (χ3n) is 3.97. The molecule has 0 spiro atoms. The maximum absolute atomic E-state index is 12.1. The first-order valence-corrected chi connectivity index (χ1v) is 9.74. The second-order valence-corrected chi connectivity index (χ2v) is 8.04. The quantitative estimate of drug-likeness (QED) is 0.718. The Balaban J connectivity index is 2.03. The summed E-state index contributed by atoms with van der Waals surface area (Å²) < 4.78 is 33.2. The second-order valence-electron chi connectivity index (χ2n) is 5.74. The molecule has 25 heavy (non-hydrogen) atoms. The highest BCUT2D eigenvalue weighted by molar-refractivity contribution is 7.91. The summed E-state index contributed by atoms with van der Waals surface area (Å²) in [4.78, 5) is 12.1. The Kier molecular flexibility index (Phi) is 6.39. The smallest absolute Gasteiger partial charge is 0.313 e. The SMILES string of the molecule is COc1ccc2cc(C(C)C(=O)OCCS(=O)(=O)CCO)ccc2c1. The molecule has 0 amide bonds. The van der Waals surface area contributed by atoms with Gasteiger partial charge in [-0.1, -0.05) is 24.3 Å².